The lowest BCUT2D eigenvalue weighted by molar-refractivity contribution is -0.139. The Morgan fingerprint density at radius 2 is 2.05 bits per heavy atom. The Morgan fingerprint density at radius 3 is 2.68 bits per heavy atom. The fourth-order valence-electron chi connectivity index (χ4n) is 2.01. The van der Waals surface area contributed by atoms with Gasteiger partial charge in [0.15, 0.2) is 0 Å². The molecule has 0 aliphatic carbocycles. The normalized spacial score (nSPS) is 12.3. The van der Waals surface area contributed by atoms with Gasteiger partial charge < -0.3 is 9.52 Å². The zero-order valence-corrected chi connectivity index (χ0v) is 13.0. The monoisotopic (exact) mass is 323 g/mol. The number of carbonyl (C=O) groups is 1. The van der Waals surface area contributed by atoms with Gasteiger partial charge in [-0.1, -0.05) is 0 Å². The van der Waals surface area contributed by atoms with Crippen LogP contribution in [0.15, 0.2) is 40.8 Å². The van der Waals surface area contributed by atoms with E-state index in [1.165, 1.54) is 12.1 Å². The molecule has 1 unspecified atom stereocenters. The maximum absolute atomic E-state index is 12.9. The first-order chi connectivity index (χ1) is 10.6. The first kappa shape index (κ1) is 16.6. The average molecular weight is 323 g/mol. The van der Waals surface area contributed by atoms with Crippen LogP contribution in [0.2, 0.25) is 0 Å². The molecule has 2 N–H and O–H groups in total. The van der Waals surface area contributed by atoms with Crippen molar-refractivity contribution in [3.63, 3.8) is 0 Å². The minimum atomic E-state index is -0.862. The van der Waals surface area contributed by atoms with Crippen LogP contribution in [-0.2, 0) is 11.3 Å². The van der Waals surface area contributed by atoms with Gasteiger partial charge >= 0.3 is 5.97 Å². The molecule has 1 atom stereocenters. The van der Waals surface area contributed by atoms with Gasteiger partial charge in [0.2, 0.25) is 0 Å². The maximum Gasteiger partial charge on any atom is 0.320 e. The van der Waals surface area contributed by atoms with Gasteiger partial charge in [-0.05, 0) is 54.8 Å². The van der Waals surface area contributed by atoms with Crippen molar-refractivity contribution in [2.75, 3.05) is 12.0 Å². The van der Waals surface area contributed by atoms with Crippen molar-refractivity contribution in [3.05, 3.63) is 48.0 Å². The van der Waals surface area contributed by atoms with Crippen molar-refractivity contribution < 1.29 is 18.7 Å². The number of carboxylic acids is 1. The van der Waals surface area contributed by atoms with Gasteiger partial charge in [-0.25, -0.2) is 4.39 Å². The topological polar surface area (TPSA) is 62.5 Å². The Bertz CT molecular complexity index is 612. The second kappa shape index (κ2) is 8.00. The lowest BCUT2D eigenvalue weighted by Crippen LogP contribution is -2.36. The molecule has 0 bridgehead atoms. The maximum atomic E-state index is 12.9. The highest BCUT2D eigenvalue weighted by Crippen LogP contribution is 2.22. The molecule has 2 aromatic rings. The molecule has 118 valence electrons. The summed E-state index contributed by atoms with van der Waals surface area (Å²) in [7, 11) is 0. The molecule has 4 nitrogen and oxygen atoms in total. The number of nitrogens with one attached hydrogen (secondary N) is 1. The summed E-state index contributed by atoms with van der Waals surface area (Å²) in [6.45, 7) is 0.340. The number of hydrogen-bond donors (Lipinski definition) is 2. The first-order valence-corrected chi connectivity index (χ1v) is 8.29. The minimum Gasteiger partial charge on any atom is -0.480 e. The quantitative estimate of drug-likeness (QED) is 0.780. The van der Waals surface area contributed by atoms with Crippen molar-refractivity contribution in [1.82, 2.24) is 5.32 Å². The number of benzene rings is 1. The summed E-state index contributed by atoms with van der Waals surface area (Å²) in [4.78, 5) is 11.1. The molecule has 22 heavy (non-hydrogen) atoms. The number of furan rings is 1. The van der Waals surface area contributed by atoms with Crippen LogP contribution in [-0.4, -0.2) is 29.1 Å². The molecular formula is C16H18FNO3S. The second-order valence-electron chi connectivity index (χ2n) is 4.83. The summed E-state index contributed by atoms with van der Waals surface area (Å²) in [6.07, 6.45) is 2.50. The summed E-state index contributed by atoms with van der Waals surface area (Å²) in [5.41, 5.74) is 0.782. The van der Waals surface area contributed by atoms with E-state index in [1.807, 2.05) is 6.26 Å². The van der Waals surface area contributed by atoms with Crippen molar-refractivity contribution in [3.8, 4) is 11.3 Å². The number of hydrogen-bond acceptors (Lipinski definition) is 4. The SMILES string of the molecule is CSCCC(NCc1ccc(-c2ccc(F)cc2)o1)C(=O)O. The molecule has 0 saturated heterocycles. The largest absolute Gasteiger partial charge is 0.480 e. The Hall–Kier alpha value is -1.79. The van der Waals surface area contributed by atoms with E-state index in [0.29, 0.717) is 24.5 Å². The van der Waals surface area contributed by atoms with E-state index in [4.69, 9.17) is 9.52 Å². The summed E-state index contributed by atoms with van der Waals surface area (Å²) < 4.78 is 18.6. The van der Waals surface area contributed by atoms with Crippen LogP contribution in [0.1, 0.15) is 12.2 Å². The highest BCUT2D eigenvalue weighted by molar-refractivity contribution is 7.98. The van der Waals surface area contributed by atoms with Crippen LogP contribution >= 0.6 is 11.8 Å². The third kappa shape index (κ3) is 4.61. The van der Waals surface area contributed by atoms with Crippen molar-refractivity contribution in [2.24, 2.45) is 0 Å². The van der Waals surface area contributed by atoms with Crippen LogP contribution in [0, 0.1) is 5.82 Å². The van der Waals surface area contributed by atoms with E-state index in [9.17, 15) is 9.18 Å². The summed E-state index contributed by atoms with van der Waals surface area (Å²) in [5.74, 6) is 0.903. The highest BCUT2D eigenvalue weighted by atomic mass is 32.2. The van der Waals surface area contributed by atoms with Crippen molar-refractivity contribution >= 4 is 17.7 Å². The first-order valence-electron chi connectivity index (χ1n) is 6.90. The van der Waals surface area contributed by atoms with E-state index < -0.39 is 12.0 Å². The zero-order chi connectivity index (χ0) is 15.9. The van der Waals surface area contributed by atoms with Gasteiger partial charge in [0.25, 0.3) is 0 Å². The molecule has 0 fully saturated rings. The highest BCUT2D eigenvalue weighted by Gasteiger charge is 2.16. The van der Waals surface area contributed by atoms with E-state index in [0.717, 1.165) is 11.3 Å². The van der Waals surface area contributed by atoms with Crippen molar-refractivity contribution in [1.29, 1.82) is 0 Å². The molecule has 0 aliphatic rings. The van der Waals surface area contributed by atoms with Crippen molar-refractivity contribution in [2.45, 2.75) is 19.0 Å². The fraction of sp³-hybridized carbons (Fsp3) is 0.312. The smallest absolute Gasteiger partial charge is 0.320 e. The Labute approximate surface area is 132 Å². The number of carboxylic acid groups (broad SMARTS) is 1. The number of rotatable bonds is 8. The third-order valence-electron chi connectivity index (χ3n) is 3.22. The van der Waals surface area contributed by atoms with E-state index in [-0.39, 0.29) is 5.82 Å². The standard InChI is InChI=1S/C16H18FNO3S/c1-22-9-8-14(16(19)20)18-10-13-6-7-15(21-13)11-2-4-12(17)5-3-11/h2-7,14,18H,8-10H2,1H3,(H,19,20). The third-order valence-corrected chi connectivity index (χ3v) is 3.87. The molecule has 0 saturated carbocycles. The number of aliphatic carboxylic acids is 1. The summed E-state index contributed by atoms with van der Waals surface area (Å²) in [6, 6.07) is 9.03. The molecule has 1 heterocycles. The Morgan fingerprint density at radius 1 is 1.32 bits per heavy atom. The predicted octanol–water partition coefficient (Wildman–Crippen LogP) is 3.38. The molecule has 0 radical (unpaired) electrons. The van der Waals surface area contributed by atoms with Gasteiger partial charge in [0.1, 0.15) is 23.4 Å². The molecule has 0 amide bonds. The average Bonchev–Trinajstić information content (AvgIpc) is 2.96. The fourth-order valence-corrected chi connectivity index (χ4v) is 2.49. The lowest BCUT2D eigenvalue weighted by Gasteiger charge is -2.12. The molecule has 6 heteroatoms. The van der Waals surface area contributed by atoms with Gasteiger partial charge in [0, 0.05) is 5.56 Å². The van der Waals surface area contributed by atoms with Gasteiger partial charge in [0.05, 0.1) is 6.54 Å². The number of thioether (sulfide) groups is 1. The van der Waals surface area contributed by atoms with Crippen LogP contribution in [0.25, 0.3) is 11.3 Å². The molecular weight excluding hydrogens is 305 g/mol. The van der Waals surface area contributed by atoms with E-state index in [2.05, 4.69) is 5.32 Å². The molecule has 0 aliphatic heterocycles. The summed E-state index contributed by atoms with van der Waals surface area (Å²) in [5, 5.41) is 12.1. The zero-order valence-electron chi connectivity index (χ0n) is 12.2. The molecule has 2 rings (SSSR count). The molecule has 1 aromatic carbocycles. The predicted molar refractivity (Wildman–Crippen MR) is 85.4 cm³/mol. The lowest BCUT2D eigenvalue weighted by atomic mass is 10.2. The van der Waals surface area contributed by atoms with Gasteiger partial charge in [-0.15, -0.1) is 0 Å². The van der Waals surface area contributed by atoms with Crippen LogP contribution in [0.5, 0.6) is 0 Å². The number of halogens is 1. The second-order valence-corrected chi connectivity index (χ2v) is 5.81. The van der Waals surface area contributed by atoms with Crippen LogP contribution in [0.4, 0.5) is 4.39 Å². The van der Waals surface area contributed by atoms with Crippen LogP contribution in [0.3, 0.4) is 0 Å². The van der Waals surface area contributed by atoms with E-state index >= 15 is 0 Å². The van der Waals surface area contributed by atoms with Crippen LogP contribution < -0.4 is 5.32 Å². The minimum absolute atomic E-state index is 0.296. The molecule has 1 aromatic heterocycles. The molecule has 0 spiro atoms. The summed E-state index contributed by atoms with van der Waals surface area (Å²) >= 11 is 1.61. The van der Waals surface area contributed by atoms with Gasteiger partial charge in [-0.2, -0.15) is 11.8 Å². The van der Waals surface area contributed by atoms with Gasteiger partial charge in [-0.3, -0.25) is 10.1 Å². The van der Waals surface area contributed by atoms with E-state index in [1.54, 1.807) is 36.0 Å². The Balaban J connectivity index is 1.96. The Kier molecular flexibility index (Phi) is 6.03.